The number of carboxylic acid groups (broad SMARTS) is 1. The average molecular weight is 295 g/mol. The quantitative estimate of drug-likeness (QED) is 0.619. The van der Waals surface area contributed by atoms with Gasteiger partial charge in [0.05, 0.1) is 0 Å². The van der Waals surface area contributed by atoms with Crippen molar-refractivity contribution in [3.63, 3.8) is 0 Å². The third-order valence-electron chi connectivity index (χ3n) is 2.09. The molecule has 1 radical (unpaired) electrons. The van der Waals surface area contributed by atoms with Gasteiger partial charge in [0.25, 0.3) is 0 Å². The van der Waals surface area contributed by atoms with E-state index in [4.69, 9.17) is 5.11 Å². The molecule has 0 heterocycles. The molecule has 0 spiro atoms. The summed E-state index contributed by atoms with van der Waals surface area (Å²) in [6.07, 6.45) is 1.67. The largest absolute Gasteiger partial charge is 0.520 e. The van der Waals surface area contributed by atoms with Crippen molar-refractivity contribution in [3.8, 4) is 0 Å². The van der Waals surface area contributed by atoms with Gasteiger partial charge in [-0.05, 0) is 12.5 Å². The minimum absolute atomic E-state index is 0. The number of rotatable bonds is 5. The van der Waals surface area contributed by atoms with Crippen LogP contribution in [0.2, 0.25) is 0 Å². The molecule has 1 atom stereocenters. The minimum atomic E-state index is -1.06. The Morgan fingerprint density at radius 1 is 1.44 bits per heavy atom. The number of benzene rings is 1. The number of aryl methyl sites for hydroxylation is 1. The number of hydrogen-bond donors (Lipinski definition) is 2. The summed E-state index contributed by atoms with van der Waals surface area (Å²) in [5, 5.41) is 10.9. The maximum Gasteiger partial charge on any atom is 0.323 e. The summed E-state index contributed by atoms with van der Waals surface area (Å²) < 4.78 is 0. The van der Waals surface area contributed by atoms with E-state index in [9.17, 15) is 9.59 Å². The van der Waals surface area contributed by atoms with Crippen molar-refractivity contribution >= 4 is 12.4 Å². The predicted molar refractivity (Wildman–Crippen MR) is 55.1 cm³/mol. The zero-order chi connectivity index (χ0) is 11.3. The van der Waals surface area contributed by atoms with Crippen LogP contribution in [0, 0.1) is 6.92 Å². The molecule has 1 rings (SSSR count). The van der Waals surface area contributed by atoms with E-state index < -0.39 is 12.0 Å². The van der Waals surface area contributed by atoms with E-state index in [1.54, 1.807) is 0 Å². The summed E-state index contributed by atoms with van der Waals surface area (Å²) in [6.45, 7) is 1.95. The molecule has 0 aliphatic rings. The standard InChI is InChI=1S/C11H12NO3.Y/c1-8-2-4-9(5-3-8)6-10(11(14)15)12-7-13;/h2-5,10H,6H2,1H3,(H,12,13)(H,14,15);/q-1;. The third-order valence-corrected chi connectivity index (χ3v) is 2.09. The van der Waals surface area contributed by atoms with Gasteiger partial charge in [0.15, 0.2) is 0 Å². The summed E-state index contributed by atoms with van der Waals surface area (Å²) in [5.41, 5.74) is 1.98. The molecule has 0 aromatic heterocycles. The Bertz CT molecular complexity index is 351. The van der Waals surface area contributed by atoms with Gasteiger partial charge in [-0.3, -0.25) is 4.79 Å². The van der Waals surface area contributed by atoms with Crippen LogP contribution < -0.4 is 5.32 Å². The van der Waals surface area contributed by atoms with Crippen molar-refractivity contribution in [1.29, 1.82) is 0 Å². The summed E-state index contributed by atoms with van der Waals surface area (Å²) in [6, 6.07) is 6.58. The van der Waals surface area contributed by atoms with Gasteiger partial charge in [0.2, 0.25) is 0 Å². The molecule has 2 N–H and O–H groups in total. The van der Waals surface area contributed by atoms with Crippen LogP contribution in [-0.2, 0) is 48.7 Å². The van der Waals surface area contributed by atoms with E-state index in [-0.39, 0.29) is 39.1 Å². The number of amides is 1. The Morgan fingerprint density at radius 3 is 2.44 bits per heavy atom. The van der Waals surface area contributed by atoms with Crippen LogP contribution in [0.15, 0.2) is 24.3 Å². The first-order chi connectivity index (χ1) is 7.13. The zero-order valence-electron chi connectivity index (χ0n) is 8.93. The predicted octanol–water partition coefficient (Wildman–Crippen LogP) is 0.645. The van der Waals surface area contributed by atoms with Gasteiger partial charge in [-0.1, -0.05) is 29.8 Å². The van der Waals surface area contributed by atoms with Gasteiger partial charge in [0, 0.05) is 39.1 Å². The molecule has 83 valence electrons. The van der Waals surface area contributed by atoms with Crippen molar-refractivity contribution in [1.82, 2.24) is 5.32 Å². The summed E-state index contributed by atoms with van der Waals surface area (Å²) in [5.74, 6) is -1.06. The molecule has 0 bridgehead atoms. The van der Waals surface area contributed by atoms with Gasteiger partial charge in [-0.15, -0.1) is 0 Å². The second-order valence-corrected chi connectivity index (χ2v) is 3.33. The van der Waals surface area contributed by atoms with E-state index in [0.717, 1.165) is 11.1 Å². The summed E-state index contributed by atoms with van der Waals surface area (Å²) >= 11 is 0. The van der Waals surface area contributed by atoms with Crippen molar-refractivity contribution in [2.24, 2.45) is 0 Å². The number of carboxylic acids is 1. The Kier molecular flexibility index (Phi) is 7.18. The molecular formula is C11H12NO3Y-. The monoisotopic (exact) mass is 295 g/mol. The van der Waals surface area contributed by atoms with Crippen molar-refractivity contribution in [3.05, 3.63) is 35.4 Å². The second kappa shape index (κ2) is 7.52. The molecule has 1 aromatic carbocycles. The Labute approximate surface area is 119 Å². The number of nitrogens with one attached hydrogen (secondary N) is 1. The average Bonchev–Trinajstić information content (AvgIpc) is 2.20. The molecule has 0 aliphatic heterocycles. The van der Waals surface area contributed by atoms with E-state index in [1.807, 2.05) is 31.2 Å². The number of aliphatic carboxylic acids is 1. The molecule has 1 amide bonds. The fraction of sp³-hybridized carbons (Fsp3) is 0.273. The molecule has 5 heteroatoms. The third kappa shape index (κ3) is 4.86. The first-order valence-corrected chi connectivity index (χ1v) is 4.54. The first kappa shape index (κ1) is 15.3. The molecule has 16 heavy (non-hydrogen) atoms. The van der Waals surface area contributed by atoms with Gasteiger partial charge < -0.3 is 15.2 Å². The van der Waals surface area contributed by atoms with Gasteiger partial charge >= 0.3 is 5.97 Å². The smallest absolute Gasteiger partial charge is 0.323 e. The number of carbonyl (C=O) groups excluding carboxylic acids is 1. The molecule has 4 nitrogen and oxygen atoms in total. The Balaban J connectivity index is 0.00000225. The maximum atomic E-state index is 10.7. The zero-order valence-corrected chi connectivity index (χ0v) is 11.8. The second-order valence-electron chi connectivity index (χ2n) is 3.33. The van der Waals surface area contributed by atoms with E-state index in [1.165, 1.54) is 6.41 Å². The van der Waals surface area contributed by atoms with Crippen LogP contribution in [0.5, 0.6) is 0 Å². The molecule has 0 aliphatic carbocycles. The van der Waals surface area contributed by atoms with Crippen LogP contribution in [0.25, 0.3) is 0 Å². The number of carbonyl (C=O) groups is 1. The van der Waals surface area contributed by atoms with Crippen molar-refractivity contribution < 1.29 is 47.4 Å². The minimum Gasteiger partial charge on any atom is -0.520 e. The van der Waals surface area contributed by atoms with E-state index in [2.05, 4.69) is 5.32 Å². The SMILES string of the molecule is Cc1ccc(CC(N[C-]=O)C(=O)O)cc1.[Y]. The molecule has 1 unspecified atom stereocenters. The number of hydrogen-bond acceptors (Lipinski definition) is 2. The summed E-state index contributed by atoms with van der Waals surface area (Å²) in [4.78, 5) is 20.8. The van der Waals surface area contributed by atoms with Crippen LogP contribution >= 0.6 is 0 Å². The topological polar surface area (TPSA) is 66.4 Å². The van der Waals surface area contributed by atoms with Crippen LogP contribution in [0.4, 0.5) is 0 Å². The Hall–Kier alpha value is -0.736. The van der Waals surface area contributed by atoms with Crippen LogP contribution in [0.1, 0.15) is 11.1 Å². The molecule has 1 aromatic rings. The van der Waals surface area contributed by atoms with Crippen LogP contribution in [-0.4, -0.2) is 23.5 Å². The van der Waals surface area contributed by atoms with Crippen molar-refractivity contribution in [2.45, 2.75) is 19.4 Å². The van der Waals surface area contributed by atoms with E-state index >= 15 is 0 Å². The summed E-state index contributed by atoms with van der Waals surface area (Å²) in [7, 11) is 0. The normalized spacial score (nSPS) is 11.1. The molecule has 0 saturated heterocycles. The fourth-order valence-electron chi connectivity index (χ4n) is 1.23. The fourth-order valence-corrected chi connectivity index (χ4v) is 1.23. The van der Waals surface area contributed by atoms with Gasteiger partial charge in [0.1, 0.15) is 6.04 Å². The Morgan fingerprint density at radius 2 is 2.00 bits per heavy atom. The van der Waals surface area contributed by atoms with Crippen LogP contribution in [0.3, 0.4) is 0 Å². The van der Waals surface area contributed by atoms with Gasteiger partial charge in [-0.25, -0.2) is 0 Å². The van der Waals surface area contributed by atoms with Gasteiger partial charge in [-0.2, -0.15) is 6.41 Å². The molecule has 0 fully saturated rings. The van der Waals surface area contributed by atoms with Crippen molar-refractivity contribution in [2.75, 3.05) is 0 Å². The van der Waals surface area contributed by atoms with E-state index in [0.29, 0.717) is 0 Å². The maximum absolute atomic E-state index is 10.7. The first-order valence-electron chi connectivity index (χ1n) is 4.54. The molecular weight excluding hydrogens is 283 g/mol. The molecule has 0 saturated carbocycles.